The van der Waals surface area contributed by atoms with E-state index in [1.165, 1.54) is 0 Å². The van der Waals surface area contributed by atoms with Gasteiger partial charge in [0, 0.05) is 22.3 Å². The van der Waals surface area contributed by atoms with Crippen molar-refractivity contribution in [3.05, 3.63) is 28.2 Å². The minimum atomic E-state index is -0.504. The number of hydrogen-bond donors (Lipinski definition) is 2. The average molecular weight is 344 g/mol. The zero-order chi connectivity index (χ0) is 14.0. The molecule has 5 nitrogen and oxygen atoms in total. The molecule has 0 aromatic heterocycles. The van der Waals surface area contributed by atoms with Crippen molar-refractivity contribution in [2.24, 2.45) is 11.5 Å². The number of nitrogens with zero attached hydrogens (tertiary/aromatic N) is 1. The van der Waals surface area contributed by atoms with Gasteiger partial charge in [-0.05, 0) is 18.2 Å². The fourth-order valence-electron chi connectivity index (χ4n) is 2.08. The summed E-state index contributed by atoms with van der Waals surface area (Å²) in [6, 6.07) is 5.07. The molecule has 0 spiro atoms. The molecule has 1 unspecified atom stereocenters. The van der Waals surface area contributed by atoms with Gasteiger partial charge in [-0.25, -0.2) is 0 Å². The van der Waals surface area contributed by atoms with Crippen molar-refractivity contribution in [2.45, 2.75) is 6.04 Å². The third kappa shape index (κ3) is 3.05. The number of amides is 1. The largest absolute Gasteiger partial charge is 0.389 e. The number of ether oxygens (including phenoxy) is 1. The van der Waals surface area contributed by atoms with Crippen LogP contribution in [0.25, 0.3) is 0 Å². The molecule has 0 aliphatic carbocycles. The smallest absolute Gasteiger partial charge is 0.242 e. The molecule has 1 aromatic rings. The van der Waals surface area contributed by atoms with Gasteiger partial charge in [-0.3, -0.25) is 4.79 Å². The number of nitrogens with two attached hydrogens (primary N) is 2. The summed E-state index contributed by atoms with van der Waals surface area (Å²) in [6.45, 7) is 1.38. The standard InChI is InChI=1S/C12H14BrN3O2S/c13-7-1-2-8(12(15)19)9(5-7)16-3-4-18-6-10(16)11(14)17/h1-2,5,10H,3-4,6H2,(H2,14,17)(H2,15,19). The van der Waals surface area contributed by atoms with Crippen LogP contribution >= 0.6 is 28.1 Å². The van der Waals surface area contributed by atoms with E-state index in [2.05, 4.69) is 15.9 Å². The van der Waals surface area contributed by atoms with E-state index in [0.717, 1.165) is 15.7 Å². The first kappa shape index (κ1) is 14.2. The van der Waals surface area contributed by atoms with Crippen molar-refractivity contribution < 1.29 is 9.53 Å². The molecule has 19 heavy (non-hydrogen) atoms. The molecular formula is C12H14BrN3O2S. The summed E-state index contributed by atoms with van der Waals surface area (Å²) in [6.07, 6.45) is 0. The molecule has 1 heterocycles. The highest BCUT2D eigenvalue weighted by atomic mass is 79.9. The van der Waals surface area contributed by atoms with Crippen molar-refractivity contribution in [2.75, 3.05) is 24.7 Å². The van der Waals surface area contributed by atoms with Crippen LogP contribution in [0.2, 0.25) is 0 Å². The number of primary amides is 1. The second-order valence-corrected chi connectivity index (χ2v) is 5.57. The number of halogens is 1. The van der Waals surface area contributed by atoms with Gasteiger partial charge in [0.15, 0.2) is 0 Å². The lowest BCUT2D eigenvalue weighted by Crippen LogP contribution is -2.53. The molecule has 0 bridgehead atoms. The number of hydrogen-bond acceptors (Lipinski definition) is 4. The van der Waals surface area contributed by atoms with E-state index in [1.54, 1.807) is 0 Å². The van der Waals surface area contributed by atoms with Crippen LogP contribution in [0.5, 0.6) is 0 Å². The number of carbonyl (C=O) groups excluding carboxylic acids is 1. The van der Waals surface area contributed by atoms with E-state index >= 15 is 0 Å². The van der Waals surface area contributed by atoms with Crippen molar-refractivity contribution in [3.63, 3.8) is 0 Å². The maximum Gasteiger partial charge on any atom is 0.242 e. The van der Waals surface area contributed by atoms with Gasteiger partial charge in [0.2, 0.25) is 5.91 Å². The SMILES string of the molecule is NC(=O)C1COCCN1c1cc(Br)ccc1C(N)=S. The van der Waals surface area contributed by atoms with Crippen LogP contribution in [-0.4, -0.2) is 36.7 Å². The highest BCUT2D eigenvalue weighted by molar-refractivity contribution is 9.10. The molecule has 1 aromatic carbocycles. The Hall–Kier alpha value is -1.18. The first-order valence-electron chi connectivity index (χ1n) is 5.73. The molecule has 1 aliphatic rings. The number of benzene rings is 1. The first-order valence-corrected chi connectivity index (χ1v) is 6.94. The van der Waals surface area contributed by atoms with Gasteiger partial charge in [0.1, 0.15) is 11.0 Å². The Morgan fingerprint density at radius 1 is 1.47 bits per heavy atom. The second-order valence-electron chi connectivity index (χ2n) is 4.21. The minimum Gasteiger partial charge on any atom is -0.389 e. The Morgan fingerprint density at radius 3 is 2.84 bits per heavy atom. The summed E-state index contributed by atoms with van der Waals surface area (Å²) < 4.78 is 6.19. The van der Waals surface area contributed by atoms with Gasteiger partial charge < -0.3 is 21.1 Å². The van der Waals surface area contributed by atoms with Gasteiger partial charge in [-0.1, -0.05) is 28.1 Å². The van der Waals surface area contributed by atoms with Crippen LogP contribution in [0.4, 0.5) is 5.69 Å². The summed E-state index contributed by atoms with van der Waals surface area (Å²) >= 11 is 8.47. The van der Waals surface area contributed by atoms with Gasteiger partial charge in [-0.15, -0.1) is 0 Å². The van der Waals surface area contributed by atoms with Crippen LogP contribution < -0.4 is 16.4 Å². The van der Waals surface area contributed by atoms with Crippen LogP contribution in [0, 0.1) is 0 Å². The Kier molecular flexibility index (Phi) is 4.38. The summed E-state index contributed by atoms with van der Waals surface area (Å²) in [4.78, 5) is 13.7. The Balaban J connectivity index is 2.46. The monoisotopic (exact) mass is 343 g/mol. The van der Waals surface area contributed by atoms with E-state index in [1.807, 2.05) is 23.1 Å². The van der Waals surface area contributed by atoms with Crippen LogP contribution in [0.3, 0.4) is 0 Å². The van der Waals surface area contributed by atoms with E-state index in [9.17, 15) is 4.79 Å². The Bertz CT molecular complexity index is 524. The molecule has 0 saturated carbocycles. The highest BCUT2D eigenvalue weighted by Crippen LogP contribution is 2.28. The molecule has 1 saturated heterocycles. The van der Waals surface area contributed by atoms with Gasteiger partial charge in [0.05, 0.1) is 13.2 Å². The van der Waals surface area contributed by atoms with Crippen molar-refractivity contribution in [1.29, 1.82) is 0 Å². The zero-order valence-corrected chi connectivity index (χ0v) is 12.5. The lowest BCUT2D eigenvalue weighted by Gasteiger charge is -2.36. The van der Waals surface area contributed by atoms with E-state index in [-0.39, 0.29) is 11.6 Å². The lowest BCUT2D eigenvalue weighted by atomic mass is 10.1. The summed E-state index contributed by atoms with van der Waals surface area (Å²) in [5.74, 6) is -0.423. The number of morpholine rings is 1. The molecule has 102 valence electrons. The summed E-state index contributed by atoms with van der Waals surface area (Å²) in [7, 11) is 0. The number of thiocarbonyl (C=S) groups is 1. The van der Waals surface area contributed by atoms with Crippen molar-refractivity contribution >= 4 is 44.7 Å². The van der Waals surface area contributed by atoms with Crippen LogP contribution in [0.15, 0.2) is 22.7 Å². The molecule has 1 aliphatic heterocycles. The van der Waals surface area contributed by atoms with Gasteiger partial charge >= 0.3 is 0 Å². The summed E-state index contributed by atoms with van der Waals surface area (Å²) in [5.41, 5.74) is 12.7. The molecule has 4 N–H and O–H groups in total. The lowest BCUT2D eigenvalue weighted by molar-refractivity contribution is -0.121. The summed E-state index contributed by atoms with van der Waals surface area (Å²) in [5, 5.41) is 0. The molecule has 1 amide bonds. The maximum absolute atomic E-state index is 11.5. The quantitative estimate of drug-likeness (QED) is 0.792. The fourth-order valence-corrected chi connectivity index (χ4v) is 2.60. The maximum atomic E-state index is 11.5. The molecule has 7 heteroatoms. The number of anilines is 1. The third-order valence-corrected chi connectivity index (χ3v) is 3.70. The van der Waals surface area contributed by atoms with Gasteiger partial charge in [-0.2, -0.15) is 0 Å². The predicted octanol–water partition coefficient (Wildman–Crippen LogP) is 0.774. The fraction of sp³-hybridized carbons (Fsp3) is 0.333. The van der Waals surface area contributed by atoms with Crippen LogP contribution in [0.1, 0.15) is 5.56 Å². The zero-order valence-electron chi connectivity index (χ0n) is 10.1. The van der Waals surface area contributed by atoms with E-state index in [0.29, 0.717) is 13.2 Å². The average Bonchev–Trinajstić information content (AvgIpc) is 2.38. The molecule has 2 rings (SSSR count). The molecule has 1 atom stereocenters. The Labute approximate surface area is 125 Å². The van der Waals surface area contributed by atoms with Crippen molar-refractivity contribution in [1.82, 2.24) is 0 Å². The Morgan fingerprint density at radius 2 is 2.21 bits per heavy atom. The third-order valence-electron chi connectivity index (χ3n) is 2.99. The number of rotatable bonds is 3. The topological polar surface area (TPSA) is 81.6 Å². The molecule has 0 radical (unpaired) electrons. The van der Waals surface area contributed by atoms with E-state index < -0.39 is 11.9 Å². The normalized spacial score (nSPS) is 19.2. The second kappa shape index (κ2) is 5.85. The predicted molar refractivity (Wildman–Crippen MR) is 81.2 cm³/mol. The van der Waals surface area contributed by atoms with Crippen LogP contribution in [-0.2, 0) is 9.53 Å². The molecule has 1 fully saturated rings. The van der Waals surface area contributed by atoms with Crippen molar-refractivity contribution in [3.8, 4) is 0 Å². The first-order chi connectivity index (χ1) is 9.00. The van der Waals surface area contributed by atoms with Gasteiger partial charge in [0.25, 0.3) is 0 Å². The highest BCUT2D eigenvalue weighted by Gasteiger charge is 2.29. The minimum absolute atomic E-state index is 0.276. The molecular weight excluding hydrogens is 330 g/mol. The number of carbonyl (C=O) groups is 1. The van der Waals surface area contributed by atoms with E-state index in [4.69, 9.17) is 28.4 Å².